The number of hydrogen-bond acceptors (Lipinski definition) is 5. The molecule has 1 heterocycles. The van der Waals surface area contributed by atoms with Gasteiger partial charge >= 0.3 is 0 Å². The largest absolute Gasteiger partial charge is 0.496 e. The van der Waals surface area contributed by atoms with Crippen LogP contribution >= 0.6 is 23.2 Å². The van der Waals surface area contributed by atoms with Gasteiger partial charge in [-0.15, -0.1) is 23.2 Å². The molecule has 7 nitrogen and oxygen atoms in total. The van der Waals surface area contributed by atoms with Gasteiger partial charge in [-0.05, 0) is 34.4 Å². The summed E-state index contributed by atoms with van der Waals surface area (Å²) in [6.45, 7) is 0. The molecule has 1 saturated heterocycles. The molecule has 0 unspecified atom stereocenters. The van der Waals surface area contributed by atoms with Gasteiger partial charge in [-0.1, -0.05) is 48.5 Å². The van der Waals surface area contributed by atoms with Gasteiger partial charge in [-0.3, -0.25) is 19.7 Å². The van der Waals surface area contributed by atoms with Crippen LogP contribution in [0.3, 0.4) is 0 Å². The van der Waals surface area contributed by atoms with Crippen LogP contribution in [0, 0.1) is 22.0 Å². The zero-order chi connectivity index (χ0) is 24.0. The lowest BCUT2D eigenvalue weighted by Gasteiger charge is -2.54. The van der Waals surface area contributed by atoms with Crippen LogP contribution in [0.4, 0.5) is 11.4 Å². The number of amides is 2. The second-order valence-electron chi connectivity index (χ2n) is 8.59. The van der Waals surface area contributed by atoms with Crippen molar-refractivity contribution >= 4 is 46.4 Å². The molecule has 170 valence electrons. The van der Waals surface area contributed by atoms with Crippen LogP contribution in [-0.4, -0.2) is 23.8 Å². The van der Waals surface area contributed by atoms with E-state index >= 15 is 0 Å². The fourth-order valence-corrected chi connectivity index (χ4v) is 6.97. The number of benzene rings is 3. The van der Waals surface area contributed by atoms with Crippen molar-refractivity contribution in [3.05, 3.63) is 99.1 Å². The summed E-state index contributed by atoms with van der Waals surface area (Å²) >= 11 is 14.7. The van der Waals surface area contributed by atoms with Crippen LogP contribution in [-0.2, 0) is 19.3 Å². The number of imide groups is 1. The van der Waals surface area contributed by atoms with Gasteiger partial charge in [0.25, 0.3) is 5.69 Å². The van der Waals surface area contributed by atoms with E-state index in [0.29, 0.717) is 22.3 Å². The van der Waals surface area contributed by atoms with Crippen LogP contribution in [0.2, 0.25) is 0 Å². The standard InChI is InChI=1S/C25H16Cl2N2O5/c1-34-13-10-11-18(19(12-13)29(32)33)28-22(30)20-21(23(28)31)25(27)15-7-3-2-6-14(15)24(20,26)16-8-4-5-9-17(16)25/h2-12,20-21H,1H3/t20-,21-,24?,25?/m1/s1. The van der Waals surface area contributed by atoms with E-state index in [9.17, 15) is 19.7 Å². The quantitative estimate of drug-likeness (QED) is 0.228. The molecule has 2 atom stereocenters. The minimum absolute atomic E-state index is 0.136. The molecule has 0 spiro atoms. The van der Waals surface area contributed by atoms with Gasteiger partial charge in [-0.2, -0.15) is 0 Å². The van der Waals surface area contributed by atoms with E-state index in [1.165, 1.54) is 25.3 Å². The first kappa shape index (κ1) is 21.1. The van der Waals surface area contributed by atoms with E-state index in [2.05, 4.69) is 0 Å². The van der Waals surface area contributed by atoms with Gasteiger partial charge in [0, 0.05) is 0 Å². The summed E-state index contributed by atoms with van der Waals surface area (Å²) in [6.07, 6.45) is 0. The summed E-state index contributed by atoms with van der Waals surface area (Å²) in [5, 5.41) is 11.8. The van der Waals surface area contributed by atoms with Crippen molar-refractivity contribution in [1.29, 1.82) is 0 Å². The molecule has 3 aromatic carbocycles. The van der Waals surface area contributed by atoms with Gasteiger partial charge < -0.3 is 4.74 Å². The topological polar surface area (TPSA) is 89.8 Å². The number of alkyl halides is 2. The lowest BCUT2D eigenvalue weighted by molar-refractivity contribution is -0.384. The summed E-state index contributed by atoms with van der Waals surface area (Å²) < 4.78 is 5.10. The molecule has 3 aromatic rings. The number of carbonyl (C=O) groups is 2. The highest BCUT2D eigenvalue weighted by Gasteiger charge is 2.73. The molecule has 4 aliphatic rings. The number of nitro groups is 1. The fourth-order valence-electron chi connectivity index (χ4n) is 5.87. The fraction of sp³-hybridized carbons (Fsp3) is 0.200. The Hall–Kier alpha value is -3.42. The van der Waals surface area contributed by atoms with E-state index < -0.39 is 44.0 Å². The molecule has 9 heteroatoms. The molecule has 0 N–H and O–H groups in total. The Kier molecular flexibility index (Phi) is 4.23. The summed E-state index contributed by atoms with van der Waals surface area (Å²) in [5.74, 6) is -3.08. The van der Waals surface area contributed by atoms with Crippen molar-refractivity contribution in [3.8, 4) is 5.75 Å². The Morgan fingerprint density at radius 3 is 1.68 bits per heavy atom. The third-order valence-electron chi connectivity index (χ3n) is 7.21. The third kappa shape index (κ3) is 2.28. The number of methoxy groups -OCH3 is 1. The second-order valence-corrected chi connectivity index (χ2v) is 9.79. The monoisotopic (exact) mass is 494 g/mol. The molecule has 2 amide bonds. The molecule has 2 bridgehead atoms. The molecule has 0 saturated carbocycles. The van der Waals surface area contributed by atoms with E-state index in [4.69, 9.17) is 27.9 Å². The van der Waals surface area contributed by atoms with Crippen molar-refractivity contribution in [2.45, 2.75) is 9.75 Å². The molecule has 7 rings (SSSR count). The van der Waals surface area contributed by atoms with Crippen LogP contribution in [0.25, 0.3) is 0 Å². The first-order valence-corrected chi connectivity index (χ1v) is 11.3. The number of nitro benzene ring substituents is 1. The smallest absolute Gasteiger partial charge is 0.297 e. The van der Waals surface area contributed by atoms with Gasteiger partial charge in [-0.25, -0.2) is 4.90 Å². The first-order valence-electron chi connectivity index (χ1n) is 10.5. The summed E-state index contributed by atoms with van der Waals surface area (Å²) in [6, 6.07) is 18.5. The first-order chi connectivity index (χ1) is 16.3. The molecular weight excluding hydrogens is 479 g/mol. The van der Waals surface area contributed by atoms with E-state index in [0.717, 1.165) is 4.90 Å². The van der Waals surface area contributed by atoms with E-state index in [-0.39, 0.29) is 11.4 Å². The molecule has 3 aliphatic carbocycles. The molecule has 34 heavy (non-hydrogen) atoms. The van der Waals surface area contributed by atoms with Crippen molar-refractivity contribution in [1.82, 2.24) is 0 Å². The number of nitrogens with zero attached hydrogens (tertiary/aromatic N) is 2. The number of hydrogen-bond donors (Lipinski definition) is 0. The van der Waals surface area contributed by atoms with Gasteiger partial charge in [0.2, 0.25) is 11.8 Å². The van der Waals surface area contributed by atoms with E-state index in [1.54, 1.807) is 0 Å². The number of rotatable bonds is 3. The Morgan fingerprint density at radius 1 is 0.853 bits per heavy atom. The Morgan fingerprint density at radius 2 is 1.29 bits per heavy atom. The minimum Gasteiger partial charge on any atom is -0.496 e. The lowest BCUT2D eigenvalue weighted by atomic mass is 9.54. The number of carbonyl (C=O) groups excluding carboxylic acids is 2. The molecule has 1 aliphatic heterocycles. The molecule has 0 radical (unpaired) electrons. The summed E-state index contributed by atoms with van der Waals surface area (Å²) in [4.78, 5) is 37.3. The SMILES string of the molecule is COc1ccc(N2C(=O)[C@H]3[C@H](C2=O)C2(Cl)c4ccccc4C3(Cl)c3ccccc32)c([N+](=O)[O-])c1. The second kappa shape index (κ2) is 6.81. The van der Waals surface area contributed by atoms with E-state index in [1.807, 2.05) is 48.5 Å². The average Bonchev–Trinajstić information content (AvgIpc) is 3.13. The maximum atomic E-state index is 13.9. The normalized spacial score (nSPS) is 28.4. The minimum atomic E-state index is -1.35. The zero-order valence-electron chi connectivity index (χ0n) is 17.7. The Bertz CT molecular complexity index is 1320. The summed E-state index contributed by atoms with van der Waals surface area (Å²) in [5.41, 5.74) is 2.10. The number of anilines is 1. The maximum Gasteiger partial charge on any atom is 0.297 e. The maximum absolute atomic E-state index is 13.9. The van der Waals surface area contributed by atoms with Crippen molar-refractivity contribution in [2.24, 2.45) is 11.8 Å². The third-order valence-corrected chi connectivity index (χ3v) is 8.49. The summed E-state index contributed by atoms with van der Waals surface area (Å²) in [7, 11) is 1.38. The van der Waals surface area contributed by atoms with Crippen LogP contribution < -0.4 is 9.64 Å². The van der Waals surface area contributed by atoms with Crippen LogP contribution in [0.5, 0.6) is 5.75 Å². The lowest BCUT2D eigenvalue weighted by Crippen LogP contribution is -2.57. The van der Waals surface area contributed by atoms with Gasteiger partial charge in [0.15, 0.2) is 0 Å². The van der Waals surface area contributed by atoms with Crippen LogP contribution in [0.15, 0.2) is 66.7 Å². The van der Waals surface area contributed by atoms with Crippen molar-refractivity contribution < 1.29 is 19.2 Å². The Balaban J connectivity index is 1.63. The Labute approximate surface area is 204 Å². The van der Waals surface area contributed by atoms with Crippen molar-refractivity contribution in [2.75, 3.05) is 12.0 Å². The number of ether oxygens (including phenoxy) is 1. The molecule has 0 aromatic heterocycles. The molecular formula is C25H16Cl2N2O5. The predicted molar refractivity (Wildman–Crippen MR) is 125 cm³/mol. The molecule has 1 fully saturated rings. The highest BCUT2D eigenvalue weighted by Crippen LogP contribution is 2.69. The number of halogens is 2. The van der Waals surface area contributed by atoms with Gasteiger partial charge in [0.05, 0.1) is 29.9 Å². The highest BCUT2D eigenvalue weighted by molar-refractivity contribution is 6.38. The van der Waals surface area contributed by atoms with Gasteiger partial charge in [0.1, 0.15) is 21.2 Å². The average molecular weight is 495 g/mol. The highest BCUT2D eigenvalue weighted by atomic mass is 35.5. The zero-order valence-corrected chi connectivity index (χ0v) is 19.2. The van der Waals surface area contributed by atoms with Crippen LogP contribution in [0.1, 0.15) is 22.3 Å². The predicted octanol–water partition coefficient (Wildman–Crippen LogP) is 4.70. The van der Waals surface area contributed by atoms with Crippen molar-refractivity contribution in [3.63, 3.8) is 0 Å².